The van der Waals surface area contributed by atoms with Crippen molar-refractivity contribution in [3.63, 3.8) is 0 Å². The first-order chi connectivity index (χ1) is 9.63. The third-order valence-corrected chi connectivity index (χ3v) is 4.15. The Morgan fingerprint density at radius 1 is 1.00 bits per heavy atom. The Morgan fingerprint density at radius 2 is 1.85 bits per heavy atom. The molecule has 20 heavy (non-hydrogen) atoms. The van der Waals surface area contributed by atoms with E-state index in [1.165, 1.54) is 23.9 Å². The van der Waals surface area contributed by atoms with Gasteiger partial charge in [-0.25, -0.2) is 8.78 Å². The van der Waals surface area contributed by atoms with Gasteiger partial charge in [0.15, 0.2) is 0 Å². The highest BCUT2D eigenvalue weighted by Gasteiger charge is 2.10. The highest BCUT2D eigenvalue weighted by Crippen LogP contribution is 2.33. The molecule has 100 valence electrons. The van der Waals surface area contributed by atoms with Crippen LogP contribution in [0.15, 0.2) is 57.0 Å². The molecule has 0 N–H and O–H groups in total. The molecule has 2 aromatic heterocycles. The maximum atomic E-state index is 13.7. The van der Waals surface area contributed by atoms with Crippen LogP contribution in [0.3, 0.4) is 0 Å². The van der Waals surface area contributed by atoms with E-state index in [-0.39, 0.29) is 0 Å². The second-order valence-corrected chi connectivity index (χ2v) is 6.01. The maximum Gasteiger partial charge on any atom is 0.140 e. The van der Waals surface area contributed by atoms with Gasteiger partial charge in [-0.05, 0) is 40.2 Å². The summed E-state index contributed by atoms with van der Waals surface area (Å²) >= 11 is 4.53. The fraction of sp³-hybridized carbons (Fsp3) is 0. The predicted octanol–water partition coefficient (Wildman–Crippen LogP) is 4.82. The van der Waals surface area contributed by atoms with E-state index in [4.69, 9.17) is 0 Å². The number of hydrogen-bond donors (Lipinski definition) is 0. The van der Waals surface area contributed by atoms with Gasteiger partial charge in [0.2, 0.25) is 0 Å². The Morgan fingerprint density at radius 3 is 2.65 bits per heavy atom. The normalized spacial score (nSPS) is 10.9. The highest BCUT2D eigenvalue weighted by atomic mass is 79.9. The van der Waals surface area contributed by atoms with Crippen LogP contribution < -0.4 is 0 Å². The van der Waals surface area contributed by atoms with E-state index in [1.54, 1.807) is 18.5 Å². The second kappa shape index (κ2) is 5.46. The first-order valence-electron chi connectivity index (χ1n) is 5.66. The minimum Gasteiger partial charge on any atom is -0.254 e. The van der Waals surface area contributed by atoms with Crippen LogP contribution in [0.1, 0.15) is 0 Å². The van der Waals surface area contributed by atoms with E-state index in [0.717, 1.165) is 15.4 Å². The number of fused-ring (bicyclic) bond motifs is 1. The molecule has 0 atom stereocenters. The zero-order chi connectivity index (χ0) is 14.1. The summed E-state index contributed by atoms with van der Waals surface area (Å²) in [6, 6.07) is 7.12. The summed E-state index contributed by atoms with van der Waals surface area (Å²) in [6.07, 6.45) is 3.30. The van der Waals surface area contributed by atoms with Gasteiger partial charge >= 0.3 is 0 Å². The smallest absolute Gasteiger partial charge is 0.140 e. The molecule has 0 amide bonds. The average Bonchev–Trinajstić information content (AvgIpc) is 2.41. The minimum atomic E-state index is -0.589. The van der Waals surface area contributed by atoms with Crippen molar-refractivity contribution in [1.82, 2.24) is 9.97 Å². The van der Waals surface area contributed by atoms with Crippen LogP contribution in [0.5, 0.6) is 0 Å². The molecule has 0 aliphatic rings. The lowest BCUT2D eigenvalue weighted by Crippen LogP contribution is -1.88. The van der Waals surface area contributed by atoms with Crippen molar-refractivity contribution in [1.29, 1.82) is 0 Å². The third kappa shape index (κ3) is 2.66. The van der Waals surface area contributed by atoms with Crippen molar-refractivity contribution in [2.75, 3.05) is 0 Å². The molecule has 1 aromatic carbocycles. The number of nitrogens with zero attached hydrogens (tertiary/aromatic N) is 2. The monoisotopic (exact) mass is 352 g/mol. The van der Waals surface area contributed by atoms with Crippen molar-refractivity contribution in [2.24, 2.45) is 0 Å². The lowest BCUT2D eigenvalue weighted by atomic mass is 10.3. The van der Waals surface area contributed by atoms with Crippen LogP contribution in [0.4, 0.5) is 8.78 Å². The quantitative estimate of drug-likeness (QED) is 0.661. The topological polar surface area (TPSA) is 25.8 Å². The first kappa shape index (κ1) is 13.5. The minimum absolute atomic E-state index is 0.351. The zero-order valence-electron chi connectivity index (χ0n) is 9.98. The summed E-state index contributed by atoms with van der Waals surface area (Å²) < 4.78 is 27.4. The van der Waals surface area contributed by atoms with Gasteiger partial charge in [0.1, 0.15) is 17.2 Å². The molecule has 0 spiro atoms. The molecule has 0 saturated carbocycles. The van der Waals surface area contributed by atoms with Crippen LogP contribution >= 0.6 is 27.7 Å². The summed E-state index contributed by atoms with van der Waals surface area (Å²) in [6.45, 7) is 0. The van der Waals surface area contributed by atoms with Crippen LogP contribution in [-0.4, -0.2) is 9.97 Å². The number of benzene rings is 1. The lowest BCUT2D eigenvalue weighted by Gasteiger charge is -2.06. The first-order valence-corrected chi connectivity index (χ1v) is 7.27. The molecule has 0 aliphatic carbocycles. The van der Waals surface area contributed by atoms with Crippen molar-refractivity contribution in [2.45, 2.75) is 9.79 Å². The maximum absolute atomic E-state index is 13.7. The Balaban J connectivity index is 2.06. The van der Waals surface area contributed by atoms with Gasteiger partial charge in [0.25, 0.3) is 0 Å². The molecule has 0 aliphatic heterocycles. The summed E-state index contributed by atoms with van der Waals surface area (Å²) in [7, 11) is 0. The van der Waals surface area contributed by atoms with Crippen LogP contribution in [0, 0.1) is 11.6 Å². The molecule has 3 aromatic rings. The number of aromatic nitrogens is 2. The van der Waals surface area contributed by atoms with E-state index in [0.29, 0.717) is 15.9 Å². The van der Waals surface area contributed by atoms with E-state index in [9.17, 15) is 8.78 Å². The predicted molar refractivity (Wildman–Crippen MR) is 77.7 cm³/mol. The van der Waals surface area contributed by atoms with E-state index < -0.39 is 11.6 Å². The third-order valence-electron chi connectivity index (χ3n) is 2.62. The van der Waals surface area contributed by atoms with Crippen molar-refractivity contribution < 1.29 is 8.78 Å². The molecule has 0 saturated heterocycles. The number of halogens is 3. The Labute approximate surface area is 126 Å². The molecule has 2 heterocycles. The largest absolute Gasteiger partial charge is 0.254 e. The lowest BCUT2D eigenvalue weighted by molar-refractivity contribution is 0.566. The highest BCUT2D eigenvalue weighted by molar-refractivity contribution is 9.10. The number of rotatable bonds is 2. The van der Waals surface area contributed by atoms with Crippen LogP contribution in [-0.2, 0) is 0 Å². The SMILES string of the molecule is Fc1ccc(Sc2ccnc3cc(Br)cnc23)c(F)c1. The van der Waals surface area contributed by atoms with Crippen molar-refractivity contribution >= 4 is 38.7 Å². The Kier molecular flexibility index (Phi) is 3.67. The fourth-order valence-electron chi connectivity index (χ4n) is 1.74. The van der Waals surface area contributed by atoms with E-state index in [2.05, 4.69) is 25.9 Å². The van der Waals surface area contributed by atoms with Gasteiger partial charge in [0, 0.05) is 32.7 Å². The van der Waals surface area contributed by atoms with Gasteiger partial charge in [-0.1, -0.05) is 11.8 Å². The van der Waals surface area contributed by atoms with Crippen molar-refractivity contribution in [3.8, 4) is 0 Å². The van der Waals surface area contributed by atoms with Gasteiger partial charge < -0.3 is 0 Å². The molecule has 3 rings (SSSR count). The fourth-order valence-corrected chi connectivity index (χ4v) is 2.97. The standard InChI is InChI=1S/C14H7BrF2N2S/c15-8-5-11-14(19-7-8)13(3-4-18-11)20-12-2-1-9(16)6-10(12)17/h1-7H. The van der Waals surface area contributed by atoms with E-state index >= 15 is 0 Å². The van der Waals surface area contributed by atoms with Gasteiger partial charge in [-0.3, -0.25) is 9.97 Å². The molecule has 6 heteroatoms. The number of hydrogen-bond acceptors (Lipinski definition) is 3. The molecule has 0 fully saturated rings. The summed E-state index contributed by atoms with van der Waals surface area (Å²) in [4.78, 5) is 9.64. The molecule has 2 nitrogen and oxygen atoms in total. The molecular weight excluding hydrogens is 346 g/mol. The van der Waals surface area contributed by atoms with Crippen LogP contribution in [0.25, 0.3) is 11.0 Å². The van der Waals surface area contributed by atoms with Gasteiger partial charge in [-0.2, -0.15) is 0 Å². The Hall–Kier alpha value is -1.53. The van der Waals surface area contributed by atoms with Gasteiger partial charge in [-0.15, -0.1) is 0 Å². The second-order valence-electron chi connectivity index (χ2n) is 4.01. The summed E-state index contributed by atoms with van der Waals surface area (Å²) in [5, 5.41) is 0. The van der Waals surface area contributed by atoms with Crippen LogP contribution in [0.2, 0.25) is 0 Å². The Bertz CT molecular complexity index is 795. The molecule has 0 bridgehead atoms. The molecular formula is C14H7BrF2N2S. The summed E-state index contributed by atoms with van der Waals surface area (Å²) in [5.41, 5.74) is 1.40. The van der Waals surface area contributed by atoms with E-state index in [1.807, 2.05) is 6.07 Å². The zero-order valence-corrected chi connectivity index (χ0v) is 12.4. The number of pyridine rings is 2. The molecule has 0 radical (unpaired) electrons. The molecule has 0 unspecified atom stereocenters. The van der Waals surface area contributed by atoms with Gasteiger partial charge in [0.05, 0.1) is 5.52 Å². The average molecular weight is 353 g/mol. The summed E-state index contributed by atoms with van der Waals surface area (Å²) in [5.74, 6) is -1.18. The van der Waals surface area contributed by atoms with Crippen molar-refractivity contribution in [3.05, 3.63) is 58.8 Å².